The highest BCUT2D eigenvalue weighted by Gasteiger charge is 2.30. The second-order valence-corrected chi connectivity index (χ2v) is 7.51. The number of nitrogens with two attached hydrogens (primary N) is 1. The second-order valence-electron chi connectivity index (χ2n) is 5.80. The number of rotatable bonds is 5. The summed E-state index contributed by atoms with van der Waals surface area (Å²) in [5.74, 6) is -1.55. The lowest BCUT2D eigenvalue weighted by molar-refractivity contribution is -0.136. The minimum absolute atomic E-state index is 0.115. The van der Waals surface area contributed by atoms with Crippen molar-refractivity contribution in [1.82, 2.24) is 9.62 Å². The molecule has 0 unspecified atom stereocenters. The van der Waals surface area contributed by atoms with Crippen molar-refractivity contribution in [2.24, 2.45) is 11.7 Å². The Hall–Kier alpha value is -2.00. The van der Waals surface area contributed by atoms with Crippen LogP contribution in [0, 0.1) is 11.7 Å². The van der Waals surface area contributed by atoms with E-state index < -0.39 is 21.9 Å². The highest BCUT2D eigenvalue weighted by atomic mass is 32.2. The number of sulfonamides is 1. The van der Waals surface area contributed by atoms with E-state index in [1.54, 1.807) is 0 Å². The Labute approximate surface area is 140 Å². The zero-order valence-corrected chi connectivity index (χ0v) is 14.1. The van der Waals surface area contributed by atoms with Crippen LogP contribution in [-0.4, -0.2) is 44.3 Å². The number of hydrogen-bond donors (Lipinski definition) is 2. The van der Waals surface area contributed by atoms with Crippen LogP contribution >= 0.6 is 0 Å². The van der Waals surface area contributed by atoms with Gasteiger partial charge in [0, 0.05) is 19.0 Å². The molecule has 1 atom stereocenters. The fourth-order valence-electron chi connectivity index (χ4n) is 2.62. The summed E-state index contributed by atoms with van der Waals surface area (Å²) in [4.78, 5) is 24.9. The van der Waals surface area contributed by atoms with Gasteiger partial charge in [-0.3, -0.25) is 9.59 Å². The van der Waals surface area contributed by atoms with E-state index in [1.807, 2.05) is 0 Å². The molecule has 3 N–H and O–H groups in total. The number of amides is 2. The van der Waals surface area contributed by atoms with Crippen LogP contribution in [-0.2, 0) is 19.6 Å². The van der Waals surface area contributed by atoms with E-state index >= 15 is 0 Å². The predicted octanol–water partition coefficient (Wildman–Crippen LogP) is 0.216. The molecule has 0 bridgehead atoms. The smallest absolute Gasteiger partial charge is 0.241 e. The van der Waals surface area contributed by atoms with Crippen molar-refractivity contribution in [2.45, 2.75) is 30.7 Å². The summed E-state index contributed by atoms with van der Waals surface area (Å²) in [7, 11) is -3.92. The highest BCUT2D eigenvalue weighted by Crippen LogP contribution is 2.18. The lowest BCUT2D eigenvalue weighted by atomic mass is 9.96. The molecule has 1 aromatic rings. The van der Waals surface area contributed by atoms with E-state index in [2.05, 4.69) is 4.72 Å². The van der Waals surface area contributed by atoms with Crippen molar-refractivity contribution >= 4 is 21.8 Å². The summed E-state index contributed by atoms with van der Waals surface area (Å²) >= 11 is 0. The van der Waals surface area contributed by atoms with Crippen LogP contribution in [0.15, 0.2) is 29.2 Å². The summed E-state index contributed by atoms with van der Waals surface area (Å²) in [5, 5.41) is 0. The molecular formula is C15H20FN3O4S. The molecule has 1 saturated heterocycles. The van der Waals surface area contributed by atoms with E-state index in [0.29, 0.717) is 25.9 Å². The summed E-state index contributed by atoms with van der Waals surface area (Å²) in [6, 6.07) is 3.37. The normalized spacial score (nSPS) is 17.5. The first-order chi connectivity index (χ1) is 11.2. The molecule has 1 aliphatic heterocycles. The maximum atomic E-state index is 12.9. The maximum absolute atomic E-state index is 12.9. The average Bonchev–Trinajstić information content (AvgIpc) is 2.54. The van der Waals surface area contributed by atoms with Gasteiger partial charge in [0.2, 0.25) is 21.8 Å². The first-order valence-electron chi connectivity index (χ1n) is 7.56. The van der Waals surface area contributed by atoms with Gasteiger partial charge in [0.05, 0.1) is 10.9 Å². The molecule has 132 valence electrons. The Bertz CT molecular complexity index is 713. The largest absolute Gasteiger partial charge is 0.369 e. The number of hydrogen-bond acceptors (Lipinski definition) is 4. The van der Waals surface area contributed by atoms with Crippen molar-refractivity contribution in [1.29, 1.82) is 0 Å². The third kappa shape index (κ3) is 4.30. The lowest BCUT2D eigenvalue weighted by Crippen LogP contribution is -2.50. The maximum Gasteiger partial charge on any atom is 0.241 e. The Balaban J connectivity index is 1.99. The number of carbonyl (C=O) groups is 2. The van der Waals surface area contributed by atoms with Crippen LogP contribution in [0.5, 0.6) is 0 Å². The second kappa shape index (κ2) is 7.27. The van der Waals surface area contributed by atoms with Gasteiger partial charge < -0.3 is 10.6 Å². The van der Waals surface area contributed by atoms with Crippen LogP contribution in [0.25, 0.3) is 0 Å². The molecule has 9 heteroatoms. The van der Waals surface area contributed by atoms with Crippen LogP contribution in [0.2, 0.25) is 0 Å². The quantitative estimate of drug-likeness (QED) is 0.785. The van der Waals surface area contributed by atoms with E-state index in [4.69, 9.17) is 5.73 Å². The van der Waals surface area contributed by atoms with Gasteiger partial charge in [-0.25, -0.2) is 12.8 Å². The molecule has 1 fully saturated rings. The van der Waals surface area contributed by atoms with Crippen LogP contribution < -0.4 is 10.5 Å². The number of benzene rings is 1. The van der Waals surface area contributed by atoms with E-state index in [0.717, 1.165) is 24.3 Å². The van der Waals surface area contributed by atoms with Crippen molar-refractivity contribution in [3.63, 3.8) is 0 Å². The third-order valence-corrected chi connectivity index (χ3v) is 5.59. The molecule has 1 aliphatic rings. The van der Waals surface area contributed by atoms with E-state index in [9.17, 15) is 22.4 Å². The molecule has 1 heterocycles. The fraction of sp³-hybridized carbons (Fsp3) is 0.467. The molecule has 1 aromatic carbocycles. The van der Waals surface area contributed by atoms with Crippen LogP contribution in [0.3, 0.4) is 0 Å². The van der Waals surface area contributed by atoms with Gasteiger partial charge in [-0.15, -0.1) is 0 Å². The van der Waals surface area contributed by atoms with Gasteiger partial charge in [-0.05, 0) is 44.0 Å². The molecule has 2 amide bonds. The lowest BCUT2D eigenvalue weighted by Gasteiger charge is -2.32. The van der Waals surface area contributed by atoms with Gasteiger partial charge in [-0.1, -0.05) is 0 Å². The van der Waals surface area contributed by atoms with Crippen molar-refractivity contribution in [3.8, 4) is 0 Å². The molecule has 0 saturated carbocycles. The van der Waals surface area contributed by atoms with Gasteiger partial charge in [0.25, 0.3) is 0 Å². The zero-order valence-electron chi connectivity index (χ0n) is 13.2. The van der Waals surface area contributed by atoms with Crippen LogP contribution in [0.1, 0.15) is 19.8 Å². The molecule has 7 nitrogen and oxygen atoms in total. The minimum Gasteiger partial charge on any atom is -0.369 e. The molecule has 0 aromatic heterocycles. The Kier molecular flexibility index (Phi) is 5.55. The molecule has 0 radical (unpaired) electrons. The SMILES string of the molecule is C[C@@H](NS(=O)(=O)c1ccc(F)cc1)C(=O)N1CCC(C(N)=O)CC1. The topological polar surface area (TPSA) is 110 Å². The van der Waals surface area contributed by atoms with Crippen LogP contribution in [0.4, 0.5) is 4.39 Å². The third-order valence-electron chi connectivity index (χ3n) is 4.04. The first kappa shape index (κ1) is 18.3. The summed E-state index contributed by atoms with van der Waals surface area (Å²) < 4.78 is 39.6. The van der Waals surface area contributed by atoms with E-state index in [-0.39, 0.29) is 22.6 Å². The fourth-order valence-corrected chi connectivity index (χ4v) is 3.82. The molecule has 0 aliphatic carbocycles. The van der Waals surface area contributed by atoms with Gasteiger partial charge >= 0.3 is 0 Å². The van der Waals surface area contributed by atoms with Crippen molar-refractivity contribution in [2.75, 3.05) is 13.1 Å². The summed E-state index contributed by atoms with van der Waals surface area (Å²) in [6.45, 7) is 2.16. The monoisotopic (exact) mass is 357 g/mol. The minimum atomic E-state index is -3.92. The summed E-state index contributed by atoms with van der Waals surface area (Å²) in [6.07, 6.45) is 0.941. The number of likely N-dealkylation sites (tertiary alicyclic amines) is 1. The Morgan fingerprint density at radius 3 is 2.29 bits per heavy atom. The number of halogens is 1. The number of primary amides is 1. The van der Waals surface area contributed by atoms with Crippen molar-refractivity contribution in [3.05, 3.63) is 30.1 Å². The van der Waals surface area contributed by atoms with Gasteiger partial charge in [0.15, 0.2) is 0 Å². The van der Waals surface area contributed by atoms with Gasteiger partial charge in [0.1, 0.15) is 5.82 Å². The predicted molar refractivity (Wildman–Crippen MR) is 84.7 cm³/mol. The number of nitrogens with one attached hydrogen (secondary N) is 1. The number of nitrogens with zero attached hydrogens (tertiary/aromatic N) is 1. The standard InChI is InChI=1S/C15H20FN3O4S/c1-10(15(21)19-8-6-11(7-9-19)14(17)20)18-24(22,23)13-4-2-12(16)3-5-13/h2-5,10-11,18H,6-9H2,1H3,(H2,17,20)/t10-/m1/s1. The first-order valence-corrected chi connectivity index (χ1v) is 9.05. The highest BCUT2D eigenvalue weighted by molar-refractivity contribution is 7.89. The average molecular weight is 357 g/mol. The molecule has 24 heavy (non-hydrogen) atoms. The number of carbonyl (C=O) groups excluding carboxylic acids is 2. The zero-order chi connectivity index (χ0) is 17.9. The molecule has 0 spiro atoms. The van der Waals surface area contributed by atoms with Crippen molar-refractivity contribution < 1.29 is 22.4 Å². The summed E-state index contributed by atoms with van der Waals surface area (Å²) in [5.41, 5.74) is 5.25. The Morgan fingerprint density at radius 1 is 1.25 bits per heavy atom. The number of piperidine rings is 1. The van der Waals surface area contributed by atoms with Gasteiger partial charge in [-0.2, -0.15) is 4.72 Å². The molecular weight excluding hydrogens is 337 g/mol. The Morgan fingerprint density at radius 2 is 1.79 bits per heavy atom. The molecule has 2 rings (SSSR count). The van der Waals surface area contributed by atoms with E-state index in [1.165, 1.54) is 11.8 Å².